The second-order valence-electron chi connectivity index (χ2n) is 7.16. The molecule has 3 N–H and O–H groups in total. The summed E-state index contributed by atoms with van der Waals surface area (Å²) in [6, 6.07) is 0. The van der Waals surface area contributed by atoms with Crippen molar-refractivity contribution >= 4 is 0 Å². The molecule has 0 aliphatic heterocycles. The fourth-order valence-corrected chi connectivity index (χ4v) is 3.91. The standard InChI is InChI=1S/C21H24N6/c1-16-19(10-25-7-4-22-13-25)17(2)21(12-27-9-6-24-15-27)18(3)20(16)11-26-8-5-23-14-26/h4-9,13-15H,10-12H2,1-3H3/p+3. The number of benzene rings is 1. The Kier molecular flexibility index (Phi) is 4.62. The lowest BCUT2D eigenvalue weighted by Crippen LogP contribution is -2.36. The van der Waals surface area contributed by atoms with E-state index in [-0.39, 0.29) is 0 Å². The molecule has 0 spiro atoms. The van der Waals surface area contributed by atoms with Gasteiger partial charge in [0.1, 0.15) is 56.8 Å². The van der Waals surface area contributed by atoms with Crippen LogP contribution in [0.2, 0.25) is 0 Å². The van der Waals surface area contributed by atoms with Crippen LogP contribution in [0.5, 0.6) is 0 Å². The molecule has 0 saturated heterocycles. The van der Waals surface area contributed by atoms with Crippen LogP contribution in [0.15, 0.2) is 56.2 Å². The second kappa shape index (κ2) is 7.23. The van der Waals surface area contributed by atoms with Crippen LogP contribution in [-0.2, 0) is 19.6 Å². The molecule has 0 atom stereocenters. The first kappa shape index (κ1) is 17.3. The molecule has 0 amide bonds. The zero-order valence-electron chi connectivity index (χ0n) is 16.2. The minimum atomic E-state index is 0.872. The molecule has 0 unspecified atom stereocenters. The lowest BCUT2D eigenvalue weighted by molar-refractivity contribution is -0.689. The molecule has 6 heteroatoms. The minimum absolute atomic E-state index is 0.872. The normalized spacial score (nSPS) is 11.2. The van der Waals surface area contributed by atoms with Crippen molar-refractivity contribution < 1.29 is 13.7 Å². The second-order valence-corrected chi connectivity index (χ2v) is 7.16. The van der Waals surface area contributed by atoms with E-state index in [2.05, 4.69) is 68.0 Å². The van der Waals surface area contributed by atoms with Crippen molar-refractivity contribution in [1.29, 1.82) is 0 Å². The lowest BCUT2D eigenvalue weighted by Gasteiger charge is -2.20. The molecular formula is C21H27N6+3. The molecule has 0 fully saturated rings. The van der Waals surface area contributed by atoms with Gasteiger partial charge in [-0.3, -0.25) is 15.0 Å². The van der Waals surface area contributed by atoms with E-state index in [4.69, 9.17) is 0 Å². The Bertz CT molecular complexity index is 857. The third-order valence-corrected chi connectivity index (χ3v) is 5.55. The SMILES string of the molecule is Cc1c(C[n+]2cc[nH]c2)c(C)c(C[n+]2cc[nH]c2)c(C)c1C[n+]1cc[nH]c1. The summed E-state index contributed by atoms with van der Waals surface area (Å²) in [5.41, 5.74) is 8.37. The molecule has 0 radical (unpaired) electrons. The van der Waals surface area contributed by atoms with Gasteiger partial charge in [-0.05, 0) is 37.5 Å². The third kappa shape index (κ3) is 3.43. The smallest absolute Gasteiger partial charge is 0.241 e. The summed E-state index contributed by atoms with van der Waals surface area (Å²) in [7, 11) is 0. The molecule has 6 nitrogen and oxygen atoms in total. The van der Waals surface area contributed by atoms with Crippen molar-refractivity contribution in [2.45, 2.75) is 40.4 Å². The molecule has 1 aromatic carbocycles. The average Bonchev–Trinajstić information content (AvgIpc) is 3.43. The first-order valence-corrected chi connectivity index (χ1v) is 9.29. The van der Waals surface area contributed by atoms with Crippen LogP contribution in [0, 0.1) is 20.8 Å². The summed E-state index contributed by atoms with van der Waals surface area (Å²) in [5, 5.41) is 0. The van der Waals surface area contributed by atoms with E-state index in [1.807, 2.05) is 37.6 Å². The van der Waals surface area contributed by atoms with Gasteiger partial charge < -0.3 is 0 Å². The van der Waals surface area contributed by atoms with Crippen molar-refractivity contribution in [2.75, 3.05) is 0 Å². The van der Waals surface area contributed by atoms with Crippen molar-refractivity contribution in [3.8, 4) is 0 Å². The first-order chi connectivity index (χ1) is 13.1. The number of aromatic nitrogens is 6. The van der Waals surface area contributed by atoms with Gasteiger partial charge in [0, 0.05) is 16.7 Å². The maximum Gasteiger partial charge on any atom is 0.241 e. The lowest BCUT2D eigenvalue weighted by atomic mass is 9.87. The number of H-pyrrole nitrogens is 3. The van der Waals surface area contributed by atoms with Gasteiger partial charge in [0.2, 0.25) is 19.0 Å². The van der Waals surface area contributed by atoms with Crippen LogP contribution < -0.4 is 13.7 Å². The maximum absolute atomic E-state index is 3.15. The number of rotatable bonds is 6. The number of nitrogens with zero attached hydrogens (tertiary/aromatic N) is 3. The zero-order chi connectivity index (χ0) is 18.8. The highest BCUT2D eigenvalue weighted by Gasteiger charge is 2.21. The van der Waals surface area contributed by atoms with Gasteiger partial charge in [-0.15, -0.1) is 0 Å². The molecule has 4 rings (SSSR count). The molecule has 27 heavy (non-hydrogen) atoms. The first-order valence-electron chi connectivity index (χ1n) is 9.29. The van der Waals surface area contributed by atoms with Gasteiger partial charge >= 0.3 is 0 Å². The zero-order valence-corrected chi connectivity index (χ0v) is 16.2. The van der Waals surface area contributed by atoms with Gasteiger partial charge in [0.15, 0.2) is 0 Å². The molecule has 0 aliphatic rings. The molecule has 138 valence electrons. The topological polar surface area (TPSA) is 59.0 Å². The molecule has 0 saturated carbocycles. The average molecular weight is 363 g/mol. The highest BCUT2D eigenvalue weighted by atomic mass is 15.0. The Morgan fingerprint density at radius 2 is 0.852 bits per heavy atom. The van der Waals surface area contributed by atoms with Gasteiger partial charge in [0.05, 0.1) is 0 Å². The van der Waals surface area contributed by atoms with Crippen LogP contribution in [0.25, 0.3) is 0 Å². The van der Waals surface area contributed by atoms with Crippen LogP contribution in [0.1, 0.15) is 33.4 Å². The summed E-state index contributed by atoms with van der Waals surface area (Å²) in [4.78, 5) is 9.45. The summed E-state index contributed by atoms with van der Waals surface area (Å²) in [6.45, 7) is 9.40. The fraction of sp³-hybridized carbons (Fsp3) is 0.286. The van der Waals surface area contributed by atoms with Crippen molar-refractivity contribution in [3.05, 3.63) is 89.5 Å². The third-order valence-electron chi connectivity index (χ3n) is 5.55. The van der Waals surface area contributed by atoms with Gasteiger partial charge in [-0.1, -0.05) is 0 Å². The Hall–Kier alpha value is -3.15. The molecule has 3 aromatic heterocycles. The number of aromatic amines is 3. The molecule has 3 heterocycles. The maximum atomic E-state index is 3.15. The van der Waals surface area contributed by atoms with E-state index in [0.29, 0.717) is 0 Å². The van der Waals surface area contributed by atoms with E-state index in [1.54, 1.807) is 0 Å². The van der Waals surface area contributed by atoms with E-state index < -0.39 is 0 Å². The van der Waals surface area contributed by atoms with Crippen LogP contribution >= 0.6 is 0 Å². The number of imidazole rings is 3. The minimum Gasteiger partial charge on any atom is -0.250 e. The Morgan fingerprint density at radius 1 is 0.556 bits per heavy atom. The van der Waals surface area contributed by atoms with Gasteiger partial charge in [-0.2, -0.15) is 0 Å². The molecule has 4 aromatic rings. The van der Waals surface area contributed by atoms with E-state index in [1.165, 1.54) is 33.4 Å². The largest absolute Gasteiger partial charge is 0.250 e. The number of hydrogen-bond acceptors (Lipinski definition) is 0. The summed E-state index contributed by atoms with van der Waals surface area (Å²) in [5.74, 6) is 0. The highest BCUT2D eigenvalue weighted by Crippen LogP contribution is 2.27. The van der Waals surface area contributed by atoms with Crippen molar-refractivity contribution in [2.24, 2.45) is 0 Å². The fourth-order valence-electron chi connectivity index (χ4n) is 3.91. The number of hydrogen-bond donors (Lipinski definition) is 3. The van der Waals surface area contributed by atoms with E-state index in [0.717, 1.165) is 19.6 Å². The molecule has 0 bridgehead atoms. The summed E-state index contributed by atoms with van der Waals surface area (Å²) in [6.07, 6.45) is 18.2. The van der Waals surface area contributed by atoms with Crippen LogP contribution in [-0.4, -0.2) is 15.0 Å². The van der Waals surface area contributed by atoms with Crippen LogP contribution in [0.3, 0.4) is 0 Å². The van der Waals surface area contributed by atoms with Gasteiger partial charge in [-0.25, -0.2) is 13.7 Å². The van der Waals surface area contributed by atoms with Crippen molar-refractivity contribution in [3.63, 3.8) is 0 Å². The van der Waals surface area contributed by atoms with Crippen LogP contribution in [0.4, 0.5) is 0 Å². The van der Waals surface area contributed by atoms with Gasteiger partial charge in [0.25, 0.3) is 0 Å². The Labute approximate surface area is 159 Å². The molecule has 0 aliphatic carbocycles. The Morgan fingerprint density at radius 3 is 1.07 bits per heavy atom. The Balaban J connectivity index is 1.83. The quantitative estimate of drug-likeness (QED) is 0.436. The summed E-state index contributed by atoms with van der Waals surface area (Å²) < 4.78 is 6.60. The van der Waals surface area contributed by atoms with E-state index in [9.17, 15) is 0 Å². The monoisotopic (exact) mass is 363 g/mol. The summed E-state index contributed by atoms with van der Waals surface area (Å²) >= 11 is 0. The highest BCUT2D eigenvalue weighted by molar-refractivity contribution is 5.49. The number of nitrogens with one attached hydrogen (secondary N) is 3. The predicted molar refractivity (Wildman–Crippen MR) is 101 cm³/mol. The predicted octanol–water partition coefficient (Wildman–Crippen LogP) is 1.60. The molecular weight excluding hydrogens is 336 g/mol. The van der Waals surface area contributed by atoms with E-state index >= 15 is 0 Å². The van der Waals surface area contributed by atoms with Crippen molar-refractivity contribution in [1.82, 2.24) is 15.0 Å².